The molecule has 4 heteroatoms. The Kier molecular flexibility index (Phi) is 3.74. The van der Waals surface area contributed by atoms with Gasteiger partial charge in [-0.25, -0.2) is 0 Å². The molecule has 0 radical (unpaired) electrons. The smallest absolute Gasteiger partial charge is 0.224 e. The van der Waals surface area contributed by atoms with Crippen molar-refractivity contribution in [3.8, 4) is 0 Å². The molecule has 2 aromatic heterocycles. The van der Waals surface area contributed by atoms with E-state index in [1.165, 1.54) is 4.88 Å². The lowest BCUT2D eigenvalue weighted by Crippen LogP contribution is -2.27. The molecule has 0 aromatic carbocycles. The van der Waals surface area contributed by atoms with E-state index < -0.39 is 0 Å². The van der Waals surface area contributed by atoms with Gasteiger partial charge in [0.15, 0.2) is 0 Å². The number of amides is 1. The highest BCUT2D eigenvalue weighted by Gasteiger charge is 2.10. The predicted molar refractivity (Wildman–Crippen MR) is 68.9 cm³/mol. The second-order valence-corrected chi connectivity index (χ2v) is 5.37. The summed E-state index contributed by atoms with van der Waals surface area (Å²) in [6, 6.07) is 6.13. The molecular weight excluding hydrogens is 238 g/mol. The Morgan fingerprint density at radius 3 is 2.94 bits per heavy atom. The lowest BCUT2D eigenvalue weighted by molar-refractivity contribution is -0.121. The SMILES string of the molecule is C[C@H](NC(=O)Cc1ccsc1)c1cccs1. The number of hydrogen-bond donors (Lipinski definition) is 1. The van der Waals surface area contributed by atoms with Crippen molar-refractivity contribution in [2.75, 3.05) is 0 Å². The monoisotopic (exact) mass is 251 g/mol. The number of rotatable bonds is 4. The maximum Gasteiger partial charge on any atom is 0.224 e. The van der Waals surface area contributed by atoms with Crippen molar-refractivity contribution in [3.63, 3.8) is 0 Å². The third-order valence-electron chi connectivity index (χ3n) is 2.29. The average Bonchev–Trinajstić information content (AvgIpc) is 2.88. The van der Waals surface area contributed by atoms with E-state index in [-0.39, 0.29) is 11.9 Å². The van der Waals surface area contributed by atoms with Crippen LogP contribution in [-0.4, -0.2) is 5.91 Å². The van der Waals surface area contributed by atoms with E-state index in [4.69, 9.17) is 0 Å². The van der Waals surface area contributed by atoms with Gasteiger partial charge in [-0.1, -0.05) is 6.07 Å². The molecule has 0 fully saturated rings. The quantitative estimate of drug-likeness (QED) is 0.888. The zero-order chi connectivity index (χ0) is 11.4. The normalized spacial score (nSPS) is 12.3. The maximum absolute atomic E-state index is 11.7. The molecule has 0 saturated carbocycles. The van der Waals surface area contributed by atoms with Gasteiger partial charge in [0.05, 0.1) is 12.5 Å². The maximum atomic E-state index is 11.7. The van der Waals surface area contributed by atoms with Crippen LogP contribution in [0, 0.1) is 0 Å². The van der Waals surface area contributed by atoms with Crippen LogP contribution in [0.4, 0.5) is 0 Å². The summed E-state index contributed by atoms with van der Waals surface area (Å²) >= 11 is 3.29. The van der Waals surface area contributed by atoms with Crippen LogP contribution < -0.4 is 5.32 Å². The summed E-state index contributed by atoms with van der Waals surface area (Å²) in [7, 11) is 0. The van der Waals surface area contributed by atoms with E-state index in [9.17, 15) is 4.79 Å². The van der Waals surface area contributed by atoms with Gasteiger partial charge in [-0.3, -0.25) is 4.79 Å². The third-order valence-corrected chi connectivity index (χ3v) is 4.08. The molecule has 0 aliphatic carbocycles. The molecule has 16 heavy (non-hydrogen) atoms. The van der Waals surface area contributed by atoms with Crippen LogP contribution in [0.2, 0.25) is 0 Å². The summed E-state index contributed by atoms with van der Waals surface area (Å²) in [5, 5.41) is 9.02. The molecule has 1 atom stereocenters. The average molecular weight is 251 g/mol. The third kappa shape index (κ3) is 2.93. The lowest BCUT2D eigenvalue weighted by atomic mass is 10.2. The fourth-order valence-electron chi connectivity index (χ4n) is 1.48. The van der Waals surface area contributed by atoms with E-state index in [0.29, 0.717) is 6.42 Å². The van der Waals surface area contributed by atoms with Crippen LogP contribution in [0.3, 0.4) is 0 Å². The van der Waals surface area contributed by atoms with E-state index in [1.54, 1.807) is 22.7 Å². The Hall–Kier alpha value is -1.13. The van der Waals surface area contributed by atoms with Crippen LogP contribution in [0.1, 0.15) is 23.4 Å². The topological polar surface area (TPSA) is 29.1 Å². The Morgan fingerprint density at radius 2 is 2.31 bits per heavy atom. The first-order chi connectivity index (χ1) is 7.75. The van der Waals surface area contributed by atoms with Gasteiger partial charge in [0.2, 0.25) is 5.91 Å². The van der Waals surface area contributed by atoms with Crippen molar-refractivity contribution in [1.82, 2.24) is 5.32 Å². The molecule has 2 rings (SSSR count). The van der Waals surface area contributed by atoms with E-state index in [2.05, 4.69) is 5.32 Å². The minimum Gasteiger partial charge on any atom is -0.348 e. The van der Waals surface area contributed by atoms with Gasteiger partial charge in [-0.15, -0.1) is 11.3 Å². The van der Waals surface area contributed by atoms with Crippen molar-refractivity contribution >= 4 is 28.6 Å². The fraction of sp³-hybridized carbons (Fsp3) is 0.250. The highest BCUT2D eigenvalue weighted by atomic mass is 32.1. The van der Waals surface area contributed by atoms with Crippen LogP contribution >= 0.6 is 22.7 Å². The number of nitrogens with one attached hydrogen (secondary N) is 1. The molecule has 2 nitrogen and oxygen atoms in total. The van der Waals surface area contributed by atoms with Crippen LogP contribution in [0.5, 0.6) is 0 Å². The van der Waals surface area contributed by atoms with Crippen molar-refractivity contribution in [3.05, 3.63) is 44.8 Å². The molecule has 0 aliphatic heterocycles. The minimum absolute atomic E-state index is 0.0827. The first-order valence-electron chi connectivity index (χ1n) is 5.09. The van der Waals surface area contributed by atoms with Gasteiger partial charge in [0.1, 0.15) is 0 Å². The highest BCUT2D eigenvalue weighted by Crippen LogP contribution is 2.18. The van der Waals surface area contributed by atoms with Crippen molar-refractivity contribution in [2.45, 2.75) is 19.4 Å². The highest BCUT2D eigenvalue weighted by molar-refractivity contribution is 7.10. The van der Waals surface area contributed by atoms with Gasteiger partial charge in [0.25, 0.3) is 0 Å². The largest absolute Gasteiger partial charge is 0.348 e. The second-order valence-electron chi connectivity index (χ2n) is 3.61. The number of carbonyl (C=O) groups excluding carboxylic acids is 1. The molecular formula is C12H13NOS2. The number of hydrogen-bond acceptors (Lipinski definition) is 3. The molecule has 0 aliphatic rings. The van der Waals surface area contributed by atoms with Crippen molar-refractivity contribution < 1.29 is 4.79 Å². The Morgan fingerprint density at radius 1 is 1.44 bits per heavy atom. The summed E-state index contributed by atoms with van der Waals surface area (Å²) in [5.41, 5.74) is 1.08. The zero-order valence-electron chi connectivity index (χ0n) is 8.97. The van der Waals surface area contributed by atoms with Gasteiger partial charge in [-0.05, 0) is 40.8 Å². The van der Waals surface area contributed by atoms with Crippen LogP contribution in [0.25, 0.3) is 0 Å². The number of thiophene rings is 2. The Balaban J connectivity index is 1.88. The summed E-state index contributed by atoms with van der Waals surface area (Å²) in [4.78, 5) is 12.9. The van der Waals surface area contributed by atoms with E-state index in [1.807, 2.05) is 41.3 Å². The minimum atomic E-state index is 0.0827. The fourth-order valence-corrected chi connectivity index (χ4v) is 2.88. The Labute approximate surface area is 103 Å². The van der Waals surface area contributed by atoms with Gasteiger partial charge in [-0.2, -0.15) is 11.3 Å². The summed E-state index contributed by atoms with van der Waals surface area (Å²) in [5.74, 6) is 0.0827. The molecule has 1 N–H and O–H groups in total. The van der Waals surface area contributed by atoms with Gasteiger partial charge >= 0.3 is 0 Å². The standard InChI is InChI=1S/C12H13NOS2/c1-9(11-3-2-5-16-11)13-12(14)7-10-4-6-15-8-10/h2-6,8-9H,7H2,1H3,(H,13,14)/t9-/m0/s1. The molecule has 84 valence electrons. The molecule has 0 saturated heterocycles. The lowest BCUT2D eigenvalue weighted by Gasteiger charge is -2.11. The molecule has 0 unspecified atom stereocenters. The molecule has 2 heterocycles. The van der Waals surface area contributed by atoms with Gasteiger partial charge in [0, 0.05) is 4.88 Å². The van der Waals surface area contributed by atoms with E-state index in [0.717, 1.165) is 5.56 Å². The molecule has 0 bridgehead atoms. The second kappa shape index (κ2) is 5.27. The van der Waals surface area contributed by atoms with E-state index >= 15 is 0 Å². The predicted octanol–water partition coefficient (Wildman–Crippen LogP) is 3.23. The summed E-state index contributed by atoms with van der Waals surface area (Å²) in [6.45, 7) is 2.01. The first kappa shape index (κ1) is 11.4. The summed E-state index contributed by atoms with van der Waals surface area (Å²) < 4.78 is 0. The van der Waals surface area contributed by atoms with Crippen molar-refractivity contribution in [2.24, 2.45) is 0 Å². The molecule has 1 amide bonds. The van der Waals surface area contributed by atoms with Crippen molar-refractivity contribution in [1.29, 1.82) is 0 Å². The van der Waals surface area contributed by atoms with Gasteiger partial charge < -0.3 is 5.32 Å². The first-order valence-corrected chi connectivity index (χ1v) is 6.92. The zero-order valence-corrected chi connectivity index (χ0v) is 10.6. The summed E-state index contributed by atoms with van der Waals surface area (Å²) in [6.07, 6.45) is 0.471. The molecule has 0 spiro atoms. The molecule has 2 aromatic rings. The number of carbonyl (C=O) groups is 1. The van der Waals surface area contributed by atoms with Crippen LogP contribution in [-0.2, 0) is 11.2 Å². The Bertz CT molecular complexity index is 434. The van der Waals surface area contributed by atoms with Crippen LogP contribution in [0.15, 0.2) is 34.3 Å².